The van der Waals surface area contributed by atoms with Gasteiger partial charge >= 0.3 is 0 Å². The first-order chi connectivity index (χ1) is 5.90. The third-order valence-electron chi connectivity index (χ3n) is 3.75. The summed E-state index contributed by atoms with van der Waals surface area (Å²) in [6.07, 6.45) is 12.7. The standard InChI is InChI=1S/C12H20/c1-2-10-7-8-11-5-3-4-6-12(11)9-10/h7,11-12H,2-6,8-9H2,1H3. The second-order valence-corrected chi connectivity index (χ2v) is 4.46. The molecule has 2 atom stereocenters. The summed E-state index contributed by atoms with van der Waals surface area (Å²) in [5.74, 6) is 2.13. The SMILES string of the molecule is CCC1=CCC2CCCCC2C1. The van der Waals surface area contributed by atoms with Crippen molar-refractivity contribution in [3.05, 3.63) is 11.6 Å². The molecule has 12 heavy (non-hydrogen) atoms. The highest BCUT2D eigenvalue weighted by Crippen LogP contribution is 2.40. The third kappa shape index (κ3) is 1.57. The molecular formula is C12H20. The van der Waals surface area contributed by atoms with Crippen molar-refractivity contribution in [3.8, 4) is 0 Å². The van der Waals surface area contributed by atoms with Crippen molar-refractivity contribution in [3.63, 3.8) is 0 Å². The second kappa shape index (κ2) is 3.64. The predicted octanol–water partition coefficient (Wildman–Crippen LogP) is 3.92. The molecule has 0 aromatic carbocycles. The van der Waals surface area contributed by atoms with Crippen molar-refractivity contribution in [1.29, 1.82) is 0 Å². The van der Waals surface area contributed by atoms with Crippen LogP contribution in [-0.2, 0) is 0 Å². The van der Waals surface area contributed by atoms with Gasteiger partial charge in [-0.2, -0.15) is 0 Å². The Labute approximate surface area is 76.1 Å². The molecule has 1 saturated carbocycles. The summed E-state index contributed by atoms with van der Waals surface area (Å²) in [7, 11) is 0. The summed E-state index contributed by atoms with van der Waals surface area (Å²) in [5, 5.41) is 0. The maximum atomic E-state index is 2.52. The molecule has 0 aromatic rings. The molecule has 0 aromatic heterocycles. The summed E-state index contributed by atoms with van der Waals surface area (Å²) in [5.41, 5.74) is 1.73. The summed E-state index contributed by atoms with van der Waals surface area (Å²) in [6.45, 7) is 2.30. The van der Waals surface area contributed by atoms with Gasteiger partial charge in [-0.15, -0.1) is 0 Å². The molecule has 0 spiro atoms. The van der Waals surface area contributed by atoms with Crippen LogP contribution >= 0.6 is 0 Å². The molecule has 0 amide bonds. The van der Waals surface area contributed by atoms with Crippen molar-refractivity contribution in [2.75, 3.05) is 0 Å². The van der Waals surface area contributed by atoms with Crippen LogP contribution in [0.25, 0.3) is 0 Å². The molecule has 0 heteroatoms. The Morgan fingerprint density at radius 2 is 2.00 bits per heavy atom. The van der Waals surface area contributed by atoms with Gasteiger partial charge in [0.25, 0.3) is 0 Å². The summed E-state index contributed by atoms with van der Waals surface area (Å²) >= 11 is 0. The molecule has 2 aliphatic carbocycles. The van der Waals surface area contributed by atoms with Crippen LogP contribution < -0.4 is 0 Å². The van der Waals surface area contributed by atoms with Gasteiger partial charge in [0.1, 0.15) is 0 Å². The van der Waals surface area contributed by atoms with Crippen LogP contribution in [0.3, 0.4) is 0 Å². The van der Waals surface area contributed by atoms with Gasteiger partial charge in [0.05, 0.1) is 0 Å². The van der Waals surface area contributed by atoms with E-state index in [2.05, 4.69) is 13.0 Å². The zero-order valence-electron chi connectivity index (χ0n) is 8.18. The molecule has 0 radical (unpaired) electrons. The molecule has 0 N–H and O–H groups in total. The number of rotatable bonds is 1. The fourth-order valence-corrected chi connectivity index (χ4v) is 2.89. The highest BCUT2D eigenvalue weighted by Gasteiger charge is 2.27. The van der Waals surface area contributed by atoms with Crippen LogP contribution in [0.4, 0.5) is 0 Å². The van der Waals surface area contributed by atoms with Gasteiger partial charge in [-0.1, -0.05) is 31.4 Å². The van der Waals surface area contributed by atoms with Crippen LogP contribution in [-0.4, -0.2) is 0 Å². The van der Waals surface area contributed by atoms with Crippen molar-refractivity contribution in [2.45, 2.75) is 51.9 Å². The Kier molecular flexibility index (Phi) is 2.53. The fraction of sp³-hybridized carbons (Fsp3) is 0.833. The van der Waals surface area contributed by atoms with Gasteiger partial charge in [-0.05, 0) is 43.9 Å². The van der Waals surface area contributed by atoms with E-state index in [1.165, 1.54) is 44.9 Å². The highest BCUT2D eigenvalue weighted by atomic mass is 14.3. The molecule has 1 fully saturated rings. The topological polar surface area (TPSA) is 0 Å². The largest absolute Gasteiger partial charge is 0.0850 e. The van der Waals surface area contributed by atoms with E-state index >= 15 is 0 Å². The van der Waals surface area contributed by atoms with E-state index in [1.807, 2.05) is 0 Å². The zero-order valence-corrected chi connectivity index (χ0v) is 8.18. The second-order valence-electron chi connectivity index (χ2n) is 4.46. The maximum absolute atomic E-state index is 2.52. The van der Waals surface area contributed by atoms with Crippen LogP contribution in [0.1, 0.15) is 51.9 Å². The highest BCUT2D eigenvalue weighted by molar-refractivity contribution is 5.08. The summed E-state index contributed by atoms with van der Waals surface area (Å²) in [6, 6.07) is 0. The lowest BCUT2D eigenvalue weighted by molar-refractivity contribution is 0.224. The number of hydrogen-bond acceptors (Lipinski definition) is 0. The minimum Gasteiger partial charge on any atom is -0.0850 e. The third-order valence-corrected chi connectivity index (χ3v) is 3.75. The Balaban J connectivity index is 2.00. The molecule has 0 aliphatic heterocycles. The van der Waals surface area contributed by atoms with E-state index in [0.717, 1.165) is 11.8 Å². The molecule has 2 unspecified atom stereocenters. The van der Waals surface area contributed by atoms with Gasteiger partial charge in [-0.3, -0.25) is 0 Å². The number of fused-ring (bicyclic) bond motifs is 1. The minimum atomic E-state index is 1.06. The average Bonchev–Trinajstić information content (AvgIpc) is 2.17. The van der Waals surface area contributed by atoms with Crippen LogP contribution in [0.15, 0.2) is 11.6 Å². The molecule has 0 heterocycles. The molecule has 0 nitrogen and oxygen atoms in total. The van der Waals surface area contributed by atoms with E-state index in [0.29, 0.717) is 0 Å². The van der Waals surface area contributed by atoms with Gasteiger partial charge < -0.3 is 0 Å². The molecule has 2 rings (SSSR count). The zero-order chi connectivity index (χ0) is 8.39. The van der Waals surface area contributed by atoms with Crippen LogP contribution in [0.5, 0.6) is 0 Å². The lowest BCUT2D eigenvalue weighted by Crippen LogP contribution is -2.22. The average molecular weight is 164 g/mol. The Morgan fingerprint density at radius 1 is 1.25 bits per heavy atom. The molecular weight excluding hydrogens is 144 g/mol. The van der Waals surface area contributed by atoms with E-state index in [9.17, 15) is 0 Å². The summed E-state index contributed by atoms with van der Waals surface area (Å²) in [4.78, 5) is 0. The first-order valence-corrected chi connectivity index (χ1v) is 5.58. The first-order valence-electron chi connectivity index (χ1n) is 5.58. The predicted molar refractivity (Wildman–Crippen MR) is 53.1 cm³/mol. The molecule has 0 bridgehead atoms. The molecule has 2 aliphatic rings. The lowest BCUT2D eigenvalue weighted by atomic mass is 9.71. The minimum absolute atomic E-state index is 1.06. The van der Waals surface area contributed by atoms with Gasteiger partial charge in [-0.25, -0.2) is 0 Å². The van der Waals surface area contributed by atoms with Gasteiger partial charge in [0.2, 0.25) is 0 Å². The summed E-state index contributed by atoms with van der Waals surface area (Å²) < 4.78 is 0. The fourth-order valence-electron chi connectivity index (χ4n) is 2.89. The Bertz CT molecular complexity index is 178. The van der Waals surface area contributed by atoms with E-state index < -0.39 is 0 Å². The monoisotopic (exact) mass is 164 g/mol. The normalized spacial score (nSPS) is 35.6. The molecule has 0 saturated heterocycles. The Morgan fingerprint density at radius 3 is 2.75 bits per heavy atom. The van der Waals surface area contributed by atoms with Crippen molar-refractivity contribution >= 4 is 0 Å². The van der Waals surface area contributed by atoms with E-state index in [-0.39, 0.29) is 0 Å². The van der Waals surface area contributed by atoms with Crippen LogP contribution in [0, 0.1) is 11.8 Å². The van der Waals surface area contributed by atoms with Crippen molar-refractivity contribution < 1.29 is 0 Å². The van der Waals surface area contributed by atoms with Crippen molar-refractivity contribution in [1.82, 2.24) is 0 Å². The van der Waals surface area contributed by atoms with E-state index in [4.69, 9.17) is 0 Å². The first kappa shape index (κ1) is 8.34. The number of hydrogen-bond donors (Lipinski definition) is 0. The smallest absolute Gasteiger partial charge is 0.0289 e. The van der Waals surface area contributed by atoms with E-state index in [1.54, 1.807) is 5.57 Å². The maximum Gasteiger partial charge on any atom is -0.0289 e. The number of allylic oxidation sites excluding steroid dienone is 2. The van der Waals surface area contributed by atoms with Gasteiger partial charge in [0.15, 0.2) is 0 Å². The van der Waals surface area contributed by atoms with Crippen molar-refractivity contribution in [2.24, 2.45) is 11.8 Å². The lowest BCUT2D eigenvalue weighted by Gasteiger charge is -2.35. The van der Waals surface area contributed by atoms with Gasteiger partial charge in [0, 0.05) is 0 Å². The van der Waals surface area contributed by atoms with Crippen LogP contribution in [0.2, 0.25) is 0 Å². The molecule has 68 valence electrons. The Hall–Kier alpha value is -0.260. The quantitative estimate of drug-likeness (QED) is 0.515.